The molecule has 1 heterocycles. The van der Waals surface area contributed by atoms with Crippen LogP contribution >= 0.6 is 0 Å². The Bertz CT molecular complexity index is 425. The minimum atomic E-state index is -0.696. The highest BCUT2D eigenvalue weighted by atomic mass is 19.1. The quantitative estimate of drug-likeness (QED) is 0.693. The van der Waals surface area contributed by atoms with E-state index in [-0.39, 0.29) is 11.4 Å². The van der Waals surface area contributed by atoms with E-state index in [4.69, 9.17) is 0 Å². The predicted octanol–water partition coefficient (Wildman–Crippen LogP) is 1.82. The van der Waals surface area contributed by atoms with Gasteiger partial charge in [0.1, 0.15) is 11.6 Å². The van der Waals surface area contributed by atoms with Crippen LogP contribution in [0.15, 0.2) is 30.6 Å². The molecule has 0 bridgehead atoms. The Kier molecular flexibility index (Phi) is 2.14. The molecule has 0 spiro atoms. The fraction of sp³-hybridized carbons (Fsp3) is 0. The van der Waals surface area contributed by atoms with Crippen LogP contribution in [-0.2, 0) is 0 Å². The van der Waals surface area contributed by atoms with E-state index >= 15 is 0 Å². The van der Waals surface area contributed by atoms with Crippen molar-refractivity contribution in [1.82, 2.24) is 15.2 Å². The summed E-state index contributed by atoms with van der Waals surface area (Å²) in [6.45, 7) is 0. The molecular weight excluding hydrogens is 188 g/mol. The first-order chi connectivity index (χ1) is 6.79. The van der Waals surface area contributed by atoms with Crippen molar-refractivity contribution < 1.29 is 8.78 Å². The van der Waals surface area contributed by atoms with Gasteiger partial charge in [-0.15, -0.1) is 5.10 Å². The molecule has 2 aromatic rings. The van der Waals surface area contributed by atoms with Crippen molar-refractivity contribution in [1.29, 1.82) is 0 Å². The second-order valence-corrected chi connectivity index (χ2v) is 2.56. The monoisotopic (exact) mass is 193 g/mol. The largest absolute Gasteiger partial charge is 0.233 e. The van der Waals surface area contributed by atoms with E-state index < -0.39 is 11.6 Å². The highest BCUT2D eigenvalue weighted by Crippen LogP contribution is 2.21. The van der Waals surface area contributed by atoms with Crippen LogP contribution < -0.4 is 0 Å². The summed E-state index contributed by atoms with van der Waals surface area (Å²) in [4.78, 5) is 3.72. The van der Waals surface area contributed by atoms with Crippen molar-refractivity contribution in [3.63, 3.8) is 0 Å². The number of hydrogen-bond donors (Lipinski definition) is 0. The molecule has 0 saturated carbocycles. The SMILES string of the molecule is Fc1cccc(F)c1-c1nccnn1. The fourth-order valence-corrected chi connectivity index (χ4v) is 1.07. The van der Waals surface area contributed by atoms with Gasteiger partial charge in [-0.1, -0.05) is 6.07 Å². The zero-order chi connectivity index (χ0) is 9.97. The highest BCUT2D eigenvalue weighted by Gasteiger charge is 2.12. The third-order valence-corrected chi connectivity index (χ3v) is 1.67. The van der Waals surface area contributed by atoms with Gasteiger partial charge in [0.05, 0.1) is 11.8 Å². The van der Waals surface area contributed by atoms with Crippen LogP contribution in [0.5, 0.6) is 0 Å². The van der Waals surface area contributed by atoms with Crippen LogP contribution in [0.1, 0.15) is 0 Å². The third kappa shape index (κ3) is 1.44. The van der Waals surface area contributed by atoms with Crippen molar-refractivity contribution in [2.45, 2.75) is 0 Å². The Morgan fingerprint density at radius 2 is 1.71 bits per heavy atom. The van der Waals surface area contributed by atoms with E-state index in [0.29, 0.717) is 0 Å². The molecule has 0 aliphatic carbocycles. The Balaban J connectivity index is 2.63. The molecule has 70 valence electrons. The van der Waals surface area contributed by atoms with Gasteiger partial charge in [-0.3, -0.25) is 0 Å². The predicted molar refractivity (Wildman–Crippen MR) is 45.2 cm³/mol. The summed E-state index contributed by atoms with van der Waals surface area (Å²) < 4.78 is 26.4. The van der Waals surface area contributed by atoms with Crippen molar-refractivity contribution in [2.75, 3.05) is 0 Å². The first-order valence-electron chi connectivity index (χ1n) is 3.87. The van der Waals surface area contributed by atoms with Gasteiger partial charge in [0, 0.05) is 6.20 Å². The molecule has 0 fully saturated rings. The smallest absolute Gasteiger partial charge is 0.187 e. The Labute approximate surface area is 78.4 Å². The molecule has 1 aromatic heterocycles. The maximum Gasteiger partial charge on any atom is 0.187 e. The summed E-state index contributed by atoms with van der Waals surface area (Å²) in [7, 11) is 0. The van der Waals surface area contributed by atoms with Gasteiger partial charge < -0.3 is 0 Å². The first kappa shape index (κ1) is 8.68. The van der Waals surface area contributed by atoms with Crippen molar-refractivity contribution in [3.05, 3.63) is 42.2 Å². The molecule has 0 amide bonds. The van der Waals surface area contributed by atoms with Gasteiger partial charge >= 0.3 is 0 Å². The van der Waals surface area contributed by atoms with E-state index in [1.165, 1.54) is 18.5 Å². The summed E-state index contributed by atoms with van der Waals surface area (Å²) in [6, 6.07) is 3.58. The second kappa shape index (κ2) is 3.45. The van der Waals surface area contributed by atoms with Crippen LogP contribution in [0.4, 0.5) is 8.78 Å². The number of benzene rings is 1. The average molecular weight is 193 g/mol. The molecule has 1 aromatic carbocycles. The molecule has 2 rings (SSSR count). The van der Waals surface area contributed by atoms with Gasteiger partial charge in [0.2, 0.25) is 0 Å². The Morgan fingerprint density at radius 1 is 1.00 bits per heavy atom. The number of aromatic nitrogens is 3. The standard InChI is InChI=1S/C9H5F2N3/c10-6-2-1-3-7(11)8(6)9-12-4-5-13-14-9/h1-5H. The van der Waals surface area contributed by atoms with E-state index in [2.05, 4.69) is 15.2 Å². The lowest BCUT2D eigenvalue weighted by atomic mass is 10.2. The molecule has 5 heteroatoms. The lowest BCUT2D eigenvalue weighted by Crippen LogP contribution is -1.96. The van der Waals surface area contributed by atoms with Crippen molar-refractivity contribution in [2.24, 2.45) is 0 Å². The molecule has 0 aliphatic rings. The Morgan fingerprint density at radius 3 is 2.29 bits per heavy atom. The van der Waals surface area contributed by atoms with Gasteiger partial charge in [0.15, 0.2) is 5.82 Å². The molecule has 0 saturated heterocycles. The van der Waals surface area contributed by atoms with Crippen molar-refractivity contribution in [3.8, 4) is 11.4 Å². The van der Waals surface area contributed by atoms with Crippen LogP contribution in [-0.4, -0.2) is 15.2 Å². The van der Waals surface area contributed by atoms with E-state index in [1.807, 2.05) is 0 Å². The molecule has 0 radical (unpaired) electrons. The molecule has 14 heavy (non-hydrogen) atoms. The normalized spacial score (nSPS) is 10.1. The van der Waals surface area contributed by atoms with E-state index in [1.54, 1.807) is 0 Å². The average Bonchev–Trinajstić information content (AvgIpc) is 2.19. The first-order valence-corrected chi connectivity index (χ1v) is 3.87. The minimum Gasteiger partial charge on any atom is -0.233 e. The summed E-state index contributed by atoms with van der Waals surface area (Å²) in [5, 5.41) is 7.03. The zero-order valence-corrected chi connectivity index (χ0v) is 6.98. The second-order valence-electron chi connectivity index (χ2n) is 2.56. The zero-order valence-electron chi connectivity index (χ0n) is 6.98. The summed E-state index contributed by atoms with van der Waals surface area (Å²) in [6.07, 6.45) is 2.66. The minimum absolute atomic E-state index is 0.0527. The number of halogens is 2. The van der Waals surface area contributed by atoms with Gasteiger partial charge in [-0.05, 0) is 12.1 Å². The fourth-order valence-electron chi connectivity index (χ4n) is 1.07. The van der Waals surface area contributed by atoms with E-state index in [0.717, 1.165) is 12.1 Å². The Hall–Kier alpha value is -1.91. The summed E-state index contributed by atoms with van der Waals surface area (Å²) in [5.41, 5.74) is -0.249. The number of rotatable bonds is 1. The van der Waals surface area contributed by atoms with E-state index in [9.17, 15) is 8.78 Å². The van der Waals surface area contributed by atoms with Crippen LogP contribution in [0.3, 0.4) is 0 Å². The molecule has 3 nitrogen and oxygen atoms in total. The maximum absolute atomic E-state index is 13.2. The molecule has 0 unspecified atom stereocenters. The molecular formula is C9H5F2N3. The van der Waals surface area contributed by atoms with Gasteiger partial charge in [-0.2, -0.15) is 5.10 Å². The van der Waals surface area contributed by atoms with Crippen LogP contribution in [0, 0.1) is 11.6 Å². The van der Waals surface area contributed by atoms with Gasteiger partial charge in [-0.25, -0.2) is 13.8 Å². The number of nitrogens with zero attached hydrogens (tertiary/aromatic N) is 3. The molecule has 0 atom stereocenters. The van der Waals surface area contributed by atoms with Crippen LogP contribution in [0.25, 0.3) is 11.4 Å². The topological polar surface area (TPSA) is 38.7 Å². The highest BCUT2D eigenvalue weighted by molar-refractivity contribution is 5.55. The lowest BCUT2D eigenvalue weighted by Gasteiger charge is -2.00. The summed E-state index contributed by atoms with van der Waals surface area (Å²) in [5.74, 6) is -1.45. The van der Waals surface area contributed by atoms with Gasteiger partial charge in [0.25, 0.3) is 0 Å². The number of hydrogen-bond acceptors (Lipinski definition) is 3. The third-order valence-electron chi connectivity index (χ3n) is 1.67. The summed E-state index contributed by atoms with van der Waals surface area (Å²) >= 11 is 0. The maximum atomic E-state index is 13.2. The molecule has 0 N–H and O–H groups in total. The lowest BCUT2D eigenvalue weighted by molar-refractivity contribution is 0.586. The molecule has 0 aliphatic heterocycles. The van der Waals surface area contributed by atoms with Crippen molar-refractivity contribution >= 4 is 0 Å². The van der Waals surface area contributed by atoms with Crippen LogP contribution in [0.2, 0.25) is 0 Å².